The third-order valence-corrected chi connectivity index (χ3v) is 2.09. The summed E-state index contributed by atoms with van der Waals surface area (Å²) in [6, 6.07) is 1.99. The van der Waals surface area contributed by atoms with Gasteiger partial charge in [0.1, 0.15) is 12.7 Å². The maximum atomic E-state index is 4.23. The van der Waals surface area contributed by atoms with Crippen LogP contribution in [-0.4, -0.2) is 19.7 Å². The molecule has 0 fully saturated rings. The molecule has 0 radical (unpaired) electrons. The van der Waals surface area contributed by atoms with Gasteiger partial charge in [-0.1, -0.05) is 0 Å². The highest BCUT2D eigenvalue weighted by molar-refractivity contribution is 9.10. The topological polar surface area (TPSA) is 43.6 Å². The highest BCUT2D eigenvalue weighted by Gasteiger charge is 2.02. The summed E-state index contributed by atoms with van der Waals surface area (Å²) in [5.74, 6) is 0.806. The molecule has 2 heterocycles. The molecule has 5 heteroatoms. The lowest BCUT2D eigenvalue weighted by atomic mass is 10.3. The van der Waals surface area contributed by atoms with Crippen molar-refractivity contribution in [3.8, 4) is 5.82 Å². The summed E-state index contributed by atoms with van der Waals surface area (Å²) in [6.45, 7) is 1.98. The van der Waals surface area contributed by atoms with Crippen molar-refractivity contribution in [3.05, 3.63) is 35.0 Å². The van der Waals surface area contributed by atoms with E-state index in [1.165, 1.54) is 6.33 Å². The molecule has 0 aliphatic rings. The van der Waals surface area contributed by atoms with E-state index >= 15 is 0 Å². The van der Waals surface area contributed by atoms with Crippen molar-refractivity contribution >= 4 is 15.9 Å². The van der Waals surface area contributed by atoms with E-state index in [1.54, 1.807) is 17.2 Å². The summed E-state index contributed by atoms with van der Waals surface area (Å²) in [7, 11) is 0. The van der Waals surface area contributed by atoms with Crippen molar-refractivity contribution in [3.63, 3.8) is 0 Å². The van der Waals surface area contributed by atoms with E-state index in [4.69, 9.17) is 0 Å². The number of halogens is 1. The zero-order valence-electron chi connectivity index (χ0n) is 6.98. The largest absolute Gasteiger partial charge is 0.236 e. The van der Waals surface area contributed by atoms with Crippen LogP contribution in [0.25, 0.3) is 5.82 Å². The monoisotopic (exact) mass is 238 g/mol. The van der Waals surface area contributed by atoms with Crippen molar-refractivity contribution in [2.24, 2.45) is 0 Å². The normalized spacial score (nSPS) is 10.3. The standard InChI is InChI=1S/C8H7BrN4/c1-6-2-7(9)3-11-8(6)13-5-10-4-12-13/h2-5H,1H3. The fraction of sp³-hybridized carbons (Fsp3) is 0.125. The van der Waals surface area contributed by atoms with Gasteiger partial charge < -0.3 is 0 Å². The molecule has 0 N–H and O–H groups in total. The Morgan fingerprint density at radius 1 is 1.46 bits per heavy atom. The Balaban J connectivity index is 2.53. The molecule has 0 saturated heterocycles. The van der Waals surface area contributed by atoms with Crippen molar-refractivity contribution in [2.75, 3.05) is 0 Å². The molecule has 0 aliphatic carbocycles. The zero-order chi connectivity index (χ0) is 9.26. The first kappa shape index (κ1) is 8.37. The summed E-state index contributed by atoms with van der Waals surface area (Å²) in [6.07, 6.45) is 4.86. The molecule has 2 aromatic rings. The molecule has 0 atom stereocenters. The molecule has 0 unspecified atom stereocenters. The molecule has 2 rings (SSSR count). The fourth-order valence-corrected chi connectivity index (χ4v) is 1.54. The lowest BCUT2D eigenvalue weighted by Gasteiger charge is -2.03. The Bertz CT molecular complexity index is 410. The van der Waals surface area contributed by atoms with E-state index in [2.05, 4.69) is 31.0 Å². The smallest absolute Gasteiger partial charge is 0.158 e. The predicted molar refractivity (Wildman–Crippen MR) is 51.6 cm³/mol. The SMILES string of the molecule is Cc1cc(Br)cnc1-n1cncn1. The van der Waals surface area contributed by atoms with Gasteiger partial charge in [0.05, 0.1) is 0 Å². The van der Waals surface area contributed by atoms with Crippen molar-refractivity contribution < 1.29 is 0 Å². The predicted octanol–water partition coefficient (Wildman–Crippen LogP) is 1.73. The van der Waals surface area contributed by atoms with Gasteiger partial charge in [-0.3, -0.25) is 0 Å². The van der Waals surface area contributed by atoms with Crippen molar-refractivity contribution in [1.29, 1.82) is 0 Å². The van der Waals surface area contributed by atoms with Gasteiger partial charge >= 0.3 is 0 Å². The minimum absolute atomic E-state index is 0.806. The first-order valence-corrected chi connectivity index (χ1v) is 4.54. The Morgan fingerprint density at radius 2 is 2.31 bits per heavy atom. The molecule has 0 amide bonds. The van der Waals surface area contributed by atoms with Gasteiger partial charge in [-0.25, -0.2) is 14.6 Å². The third-order valence-electron chi connectivity index (χ3n) is 1.65. The molecule has 0 spiro atoms. The van der Waals surface area contributed by atoms with Gasteiger partial charge in [-0.2, -0.15) is 5.10 Å². The third kappa shape index (κ3) is 1.60. The molecule has 2 aromatic heterocycles. The number of nitrogens with zero attached hydrogens (tertiary/aromatic N) is 4. The van der Waals surface area contributed by atoms with Gasteiger partial charge in [0, 0.05) is 10.7 Å². The van der Waals surface area contributed by atoms with Gasteiger partial charge in [0.25, 0.3) is 0 Å². The highest BCUT2D eigenvalue weighted by atomic mass is 79.9. The van der Waals surface area contributed by atoms with Crippen LogP contribution in [-0.2, 0) is 0 Å². The molecular formula is C8H7BrN4. The molecule has 0 bridgehead atoms. The molecular weight excluding hydrogens is 232 g/mol. The highest BCUT2D eigenvalue weighted by Crippen LogP contribution is 2.14. The second-order valence-corrected chi connectivity index (χ2v) is 3.55. The van der Waals surface area contributed by atoms with Crippen LogP contribution < -0.4 is 0 Å². The Hall–Kier alpha value is -1.23. The maximum Gasteiger partial charge on any atom is 0.158 e. The van der Waals surface area contributed by atoms with E-state index in [9.17, 15) is 0 Å². The summed E-state index contributed by atoms with van der Waals surface area (Å²) in [5.41, 5.74) is 1.06. The van der Waals surface area contributed by atoms with Gasteiger partial charge in [0.15, 0.2) is 5.82 Å². The number of rotatable bonds is 1. The van der Waals surface area contributed by atoms with Crippen LogP contribution in [0.15, 0.2) is 29.4 Å². The van der Waals surface area contributed by atoms with E-state index in [1.807, 2.05) is 13.0 Å². The number of hydrogen-bond acceptors (Lipinski definition) is 3. The van der Waals surface area contributed by atoms with Crippen LogP contribution >= 0.6 is 15.9 Å². The maximum absolute atomic E-state index is 4.23. The summed E-state index contributed by atoms with van der Waals surface area (Å²) in [5, 5.41) is 4.00. The van der Waals surface area contributed by atoms with E-state index in [-0.39, 0.29) is 0 Å². The zero-order valence-corrected chi connectivity index (χ0v) is 8.56. The summed E-state index contributed by atoms with van der Waals surface area (Å²) in [4.78, 5) is 8.10. The minimum Gasteiger partial charge on any atom is -0.236 e. The van der Waals surface area contributed by atoms with Gasteiger partial charge in [-0.05, 0) is 34.5 Å². The average molecular weight is 239 g/mol. The second kappa shape index (κ2) is 3.26. The molecule has 13 heavy (non-hydrogen) atoms. The van der Waals surface area contributed by atoms with Crippen molar-refractivity contribution in [2.45, 2.75) is 6.92 Å². The average Bonchev–Trinajstić information content (AvgIpc) is 2.56. The lowest BCUT2D eigenvalue weighted by molar-refractivity contribution is 0.835. The second-order valence-electron chi connectivity index (χ2n) is 2.63. The molecule has 4 nitrogen and oxygen atoms in total. The van der Waals surface area contributed by atoms with Gasteiger partial charge in [0.2, 0.25) is 0 Å². The Labute approximate surface area is 83.8 Å². The fourth-order valence-electron chi connectivity index (χ4n) is 1.09. The number of pyridine rings is 1. The minimum atomic E-state index is 0.806. The lowest BCUT2D eigenvalue weighted by Crippen LogP contribution is -2.00. The van der Waals surface area contributed by atoms with Crippen LogP contribution in [0.1, 0.15) is 5.56 Å². The van der Waals surface area contributed by atoms with Crippen LogP contribution in [0.5, 0.6) is 0 Å². The molecule has 66 valence electrons. The summed E-state index contributed by atoms with van der Waals surface area (Å²) >= 11 is 3.35. The number of hydrogen-bond donors (Lipinski definition) is 0. The summed E-state index contributed by atoms with van der Waals surface area (Å²) < 4.78 is 2.61. The van der Waals surface area contributed by atoms with E-state index in [0.717, 1.165) is 15.9 Å². The quantitative estimate of drug-likeness (QED) is 0.761. The number of aryl methyl sites for hydroxylation is 1. The Morgan fingerprint density at radius 3 is 2.92 bits per heavy atom. The Kier molecular flexibility index (Phi) is 2.10. The van der Waals surface area contributed by atoms with Crippen molar-refractivity contribution in [1.82, 2.24) is 19.7 Å². The van der Waals surface area contributed by atoms with Crippen LogP contribution in [0, 0.1) is 6.92 Å². The van der Waals surface area contributed by atoms with Crippen LogP contribution in [0.4, 0.5) is 0 Å². The first-order chi connectivity index (χ1) is 6.27. The molecule has 0 aromatic carbocycles. The van der Waals surface area contributed by atoms with Gasteiger partial charge in [-0.15, -0.1) is 0 Å². The first-order valence-electron chi connectivity index (χ1n) is 3.74. The van der Waals surface area contributed by atoms with E-state index in [0.29, 0.717) is 0 Å². The molecule has 0 aliphatic heterocycles. The number of aromatic nitrogens is 4. The van der Waals surface area contributed by atoms with E-state index < -0.39 is 0 Å². The van der Waals surface area contributed by atoms with Crippen LogP contribution in [0.2, 0.25) is 0 Å². The van der Waals surface area contributed by atoms with Crippen LogP contribution in [0.3, 0.4) is 0 Å². The molecule has 0 saturated carbocycles.